The maximum atomic E-state index is 12.6. The molecule has 1 aliphatic rings. The second-order valence-electron chi connectivity index (χ2n) is 6.99. The van der Waals surface area contributed by atoms with Gasteiger partial charge in [-0.05, 0) is 12.8 Å². The zero-order valence-electron chi connectivity index (χ0n) is 16.0. The monoisotopic (exact) mass is 382 g/mol. The number of nitrogens with one attached hydrogen (secondary N) is 1. The van der Waals surface area contributed by atoms with Crippen LogP contribution < -0.4 is 5.32 Å². The summed E-state index contributed by atoms with van der Waals surface area (Å²) in [6.07, 6.45) is 6.35. The Morgan fingerprint density at radius 3 is 2.68 bits per heavy atom. The van der Waals surface area contributed by atoms with E-state index in [0.717, 1.165) is 31.2 Å². The smallest absolute Gasteiger partial charge is 0.246 e. The standard InChI is InChI=1S/C21H26N4O3/c1-2-14-25(20(27)13-12-18(26)22-17-10-6-7-11-17)15-19-23-21(24-28-19)16-8-4-3-5-9-16/h2-5,8-9,17H,1,6-7,10-15H2,(H,22,26). The normalized spacial score (nSPS) is 14.0. The third-order valence-electron chi connectivity index (χ3n) is 4.81. The van der Waals surface area contributed by atoms with Crippen molar-refractivity contribution >= 4 is 11.8 Å². The van der Waals surface area contributed by atoms with Gasteiger partial charge in [-0.15, -0.1) is 6.58 Å². The number of hydrogen-bond acceptors (Lipinski definition) is 5. The summed E-state index contributed by atoms with van der Waals surface area (Å²) in [6.45, 7) is 4.24. The van der Waals surface area contributed by atoms with Crippen molar-refractivity contribution in [3.8, 4) is 11.4 Å². The number of amides is 2. The average molecular weight is 382 g/mol. The highest BCUT2D eigenvalue weighted by atomic mass is 16.5. The molecule has 1 fully saturated rings. The van der Waals surface area contributed by atoms with Gasteiger partial charge < -0.3 is 14.7 Å². The van der Waals surface area contributed by atoms with Gasteiger partial charge >= 0.3 is 0 Å². The molecule has 2 aromatic rings. The fraction of sp³-hybridized carbons (Fsp3) is 0.429. The van der Waals surface area contributed by atoms with E-state index in [1.165, 1.54) is 0 Å². The molecule has 7 nitrogen and oxygen atoms in total. The highest BCUT2D eigenvalue weighted by molar-refractivity contribution is 5.84. The molecule has 1 N–H and O–H groups in total. The predicted octanol–water partition coefficient (Wildman–Crippen LogP) is 3.09. The number of rotatable bonds is 9. The minimum absolute atomic E-state index is 0.0667. The van der Waals surface area contributed by atoms with Crippen molar-refractivity contribution in [2.75, 3.05) is 6.54 Å². The Labute approximate surface area is 164 Å². The molecule has 0 spiro atoms. The minimum Gasteiger partial charge on any atom is -0.353 e. The molecule has 2 amide bonds. The van der Waals surface area contributed by atoms with Crippen LogP contribution in [-0.4, -0.2) is 39.4 Å². The summed E-state index contributed by atoms with van der Waals surface area (Å²) in [5.74, 6) is 0.630. The first-order valence-electron chi connectivity index (χ1n) is 9.71. The highest BCUT2D eigenvalue weighted by Crippen LogP contribution is 2.18. The van der Waals surface area contributed by atoms with E-state index in [-0.39, 0.29) is 37.2 Å². The first kappa shape index (κ1) is 19.8. The third kappa shape index (κ3) is 5.52. The minimum atomic E-state index is -0.138. The van der Waals surface area contributed by atoms with Crippen LogP contribution in [0.3, 0.4) is 0 Å². The van der Waals surface area contributed by atoms with Crippen LogP contribution in [0.25, 0.3) is 11.4 Å². The molecule has 1 aromatic heterocycles. The fourth-order valence-electron chi connectivity index (χ4n) is 3.35. The first-order valence-corrected chi connectivity index (χ1v) is 9.71. The van der Waals surface area contributed by atoms with Crippen LogP contribution in [0.4, 0.5) is 0 Å². The number of carbonyl (C=O) groups is 2. The van der Waals surface area contributed by atoms with Gasteiger partial charge in [-0.3, -0.25) is 9.59 Å². The topological polar surface area (TPSA) is 88.3 Å². The molecule has 0 saturated heterocycles. The van der Waals surface area contributed by atoms with Crippen LogP contribution in [0.15, 0.2) is 47.5 Å². The summed E-state index contributed by atoms with van der Waals surface area (Å²) in [4.78, 5) is 30.6. The lowest BCUT2D eigenvalue weighted by Gasteiger charge is -2.19. The lowest BCUT2D eigenvalue weighted by Crippen LogP contribution is -2.35. The van der Waals surface area contributed by atoms with Crippen LogP contribution >= 0.6 is 0 Å². The van der Waals surface area contributed by atoms with Crippen molar-refractivity contribution in [2.45, 2.75) is 51.1 Å². The summed E-state index contributed by atoms with van der Waals surface area (Å²) in [5.41, 5.74) is 0.850. The molecule has 1 aliphatic carbocycles. The van der Waals surface area contributed by atoms with Gasteiger partial charge in [-0.1, -0.05) is 54.4 Å². The maximum Gasteiger partial charge on any atom is 0.246 e. The molecule has 7 heteroatoms. The van der Waals surface area contributed by atoms with Gasteiger partial charge in [0.1, 0.15) is 6.54 Å². The Bertz CT molecular complexity index is 797. The number of aromatic nitrogens is 2. The van der Waals surface area contributed by atoms with E-state index in [0.29, 0.717) is 18.3 Å². The van der Waals surface area contributed by atoms with E-state index in [1.807, 2.05) is 30.3 Å². The van der Waals surface area contributed by atoms with Gasteiger partial charge in [0.2, 0.25) is 23.5 Å². The van der Waals surface area contributed by atoms with Gasteiger partial charge in [0.05, 0.1) is 0 Å². The molecule has 1 saturated carbocycles. The maximum absolute atomic E-state index is 12.6. The lowest BCUT2D eigenvalue weighted by atomic mass is 10.2. The molecule has 0 atom stereocenters. The zero-order valence-corrected chi connectivity index (χ0v) is 16.0. The molecule has 0 radical (unpaired) electrons. The molecule has 3 rings (SSSR count). The Balaban J connectivity index is 1.53. The van der Waals surface area contributed by atoms with Crippen molar-refractivity contribution < 1.29 is 14.1 Å². The van der Waals surface area contributed by atoms with E-state index < -0.39 is 0 Å². The Hall–Kier alpha value is -2.96. The van der Waals surface area contributed by atoms with E-state index in [2.05, 4.69) is 22.0 Å². The van der Waals surface area contributed by atoms with E-state index >= 15 is 0 Å². The van der Waals surface area contributed by atoms with Crippen LogP contribution in [-0.2, 0) is 16.1 Å². The molecule has 1 aromatic carbocycles. The average Bonchev–Trinajstić information content (AvgIpc) is 3.38. The molecular weight excluding hydrogens is 356 g/mol. The van der Waals surface area contributed by atoms with Gasteiger partial charge in [0.25, 0.3) is 0 Å². The molecule has 0 aliphatic heterocycles. The van der Waals surface area contributed by atoms with Gasteiger partial charge in [0.15, 0.2) is 0 Å². The van der Waals surface area contributed by atoms with Gasteiger partial charge in [-0.2, -0.15) is 4.98 Å². The number of nitrogens with zero attached hydrogens (tertiary/aromatic N) is 3. The Kier molecular flexibility index (Phi) is 6.94. The second kappa shape index (κ2) is 9.82. The summed E-state index contributed by atoms with van der Waals surface area (Å²) < 4.78 is 5.29. The van der Waals surface area contributed by atoms with Gasteiger partial charge in [0, 0.05) is 31.0 Å². The lowest BCUT2D eigenvalue weighted by molar-refractivity contribution is -0.134. The number of benzene rings is 1. The molecular formula is C21H26N4O3. The first-order chi connectivity index (χ1) is 13.7. The third-order valence-corrected chi connectivity index (χ3v) is 4.81. The second-order valence-corrected chi connectivity index (χ2v) is 6.99. The highest BCUT2D eigenvalue weighted by Gasteiger charge is 2.20. The number of carbonyl (C=O) groups excluding carboxylic acids is 2. The summed E-state index contributed by atoms with van der Waals surface area (Å²) in [5, 5.41) is 6.98. The van der Waals surface area contributed by atoms with Crippen molar-refractivity contribution in [3.05, 3.63) is 48.9 Å². The predicted molar refractivity (Wildman–Crippen MR) is 105 cm³/mol. The fourth-order valence-corrected chi connectivity index (χ4v) is 3.35. The van der Waals surface area contributed by atoms with E-state index in [9.17, 15) is 9.59 Å². The van der Waals surface area contributed by atoms with Gasteiger partial charge in [-0.25, -0.2) is 0 Å². The van der Waals surface area contributed by atoms with E-state index in [1.54, 1.807) is 11.0 Å². The molecule has 148 valence electrons. The molecule has 1 heterocycles. The van der Waals surface area contributed by atoms with Crippen molar-refractivity contribution in [2.24, 2.45) is 0 Å². The molecule has 28 heavy (non-hydrogen) atoms. The van der Waals surface area contributed by atoms with E-state index in [4.69, 9.17) is 4.52 Å². The largest absolute Gasteiger partial charge is 0.353 e. The van der Waals surface area contributed by atoms with Crippen LogP contribution in [0, 0.1) is 0 Å². The summed E-state index contributed by atoms with van der Waals surface area (Å²) >= 11 is 0. The quantitative estimate of drug-likeness (QED) is 0.673. The Morgan fingerprint density at radius 2 is 1.96 bits per heavy atom. The van der Waals surface area contributed by atoms with Crippen molar-refractivity contribution in [1.82, 2.24) is 20.4 Å². The molecule has 0 unspecified atom stereocenters. The van der Waals surface area contributed by atoms with Crippen LogP contribution in [0.1, 0.15) is 44.4 Å². The summed E-state index contributed by atoms with van der Waals surface area (Å²) in [7, 11) is 0. The zero-order chi connectivity index (χ0) is 19.8. The molecule has 0 bridgehead atoms. The Morgan fingerprint density at radius 1 is 1.21 bits per heavy atom. The summed E-state index contributed by atoms with van der Waals surface area (Å²) in [6, 6.07) is 9.76. The number of hydrogen-bond donors (Lipinski definition) is 1. The van der Waals surface area contributed by atoms with Crippen molar-refractivity contribution in [3.63, 3.8) is 0 Å². The van der Waals surface area contributed by atoms with Crippen LogP contribution in [0.5, 0.6) is 0 Å². The van der Waals surface area contributed by atoms with Crippen LogP contribution in [0.2, 0.25) is 0 Å². The SMILES string of the molecule is C=CCN(Cc1nc(-c2ccccc2)no1)C(=O)CCC(=O)NC1CCCC1. The van der Waals surface area contributed by atoms with Crippen molar-refractivity contribution in [1.29, 1.82) is 0 Å².